The average Bonchev–Trinajstić information content (AvgIpc) is 3.98. The number of aromatic nitrogens is 3. The molecule has 2 heterocycles. The van der Waals surface area contributed by atoms with Crippen molar-refractivity contribution in [2.24, 2.45) is 5.92 Å². The summed E-state index contributed by atoms with van der Waals surface area (Å²) in [7, 11) is 0. The summed E-state index contributed by atoms with van der Waals surface area (Å²) in [6.07, 6.45) is 13.7. The summed E-state index contributed by atoms with van der Waals surface area (Å²) < 4.78 is 6.48. The molecule has 0 amide bonds. The van der Waals surface area contributed by atoms with Gasteiger partial charge in [0.05, 0.1) is 11.0 Å². The molecule has 0 saturated carbocycles. The molecule has 12 rings (SSSR count). The highest BCUT2D eigenvalue weighted by Crippen LogP contribution is 2.65. The lowest BCUT2D eigenvalue weighted by atomic mass is 9.67. The predicted octanol–water partition coefficient (Wildman–Crippen LogP) is 14.6. The third-order valence-corrected chi connectivity index (χ3v) is 13.1. The number of hydrogen-bond donors (Lipinski definition) is 0. The third kappa shape index (κ3) is 5.65. The van der Waals surface area contributed by atoms with E-state index in [0.717, 1.165) is 49.8 Å². The Morgan fingerprint density at radius 1 is 0.540 bits per heavy atom. The lowest BCUT2D eigenvalue weighted by molar-refractivity contribution is 0.669. The van der Waals surface area contributed by atoms with Crippen molar-refractivity contribution >= 4 is 33.1 Å². The second kappa shape index (κ2) is 14.6. The van der Waals surface area contributed by atoms with Gasteiger partial charge < -0.3 is 4.42 Å². The summed E-state index contributed by atoms with van der Waals surface area (Å²) in [4.78, 5) is 15.4. The number of para-hydroxylation sites is 2. The van der Waals surface area contributed by atoms with Gasteiger partial charge in [-0.15, -0.1) is 0 Å². The number of rotatable bonds is 5. The number of fused-ring (bicyclic) bond motifs is 10. The molecule has 0 N–H and O–H groups in total. The molecule has 0 radical (unpaired) electrons. The van der Waals surface area contributed by atoms with E-state index < -0.39 is 5.41 Å². The molecule has 0 fully saturated rings. The fourth-order valence-corrected chi connectivity index (χ4v) is 10.3. The van der Waals surface area contributed by atoms with Crippen molar-refractivity contribution < 1.29 is 4.42 Å². The quantitative estimate of drug-likeness (QED) is 0.174. The van der Waals surface area contributed by atoms with Crippen molar-refractivity contribution in [1.29, 1.82) is 0 Å². The minimum Gasteiger partial charge on any atom is -0.455 e. The number of allylic oxidation sites excluding steroid dienone is 10. The summed E-state index contributed by atoms with van der Waals surface area (Å²) >= 11 is 0. The Kier molecular flexibility index (Phi) is 8.55. The number of nitrogens with zero attached hydrogens (tertiary/aromatic N) is 3. The summed E-state index contributed by atoms with van der Waals surface area (Å²) in [5.41, 5.74) is 17.8. The van der Waals surface area contributed by atoms with Crippen molar-refractivity contribution in [1.82, 2.24) is 15.0 Å². The van der Waals surface area contributed by atoms with Gasteiger partial charge in [0.1, 0.15) is 11.2 Å². The molecule has 7 aromatic carbocycles. The van der Waals surface area contributed by atoms with Crippen LogP contribution in [0.25, 0.3) is 78.4 Å². The van der Waals surface area contributed by atoms with Crippen molar-refractivity contribution in [3.63, 3.8) is 0 Å². The number of benzene rings is 7. The smallest absolute Gasteiger partial charge is 0.167 e. The van der Waals surface area contributed by atoms with E-state index in [0.29, 0.717) is 17.5 Å². The average molecular weight is 808 g/mol. The van der Waals surface area contributed by atoms with Gasteiger partial charge in [0.15, 0.2) is 17.5 Å². The second-order valence-corrected chi connectivity index (χ2v) is 16.6. The summed E-state index contributed by atoms with van der Waals surface area (Å²) in [6, 6.07) is 60.2. The van der Waals surface area contributed by atoms with Gasteiger partial charge in [0.25, 0.3) is 0 Å². The van der Waals surface area contributed by atoms with Crippen molar-refractivity contribution in [3.05, 3.63) is 245 Å². The van der Waals surface area contributed by atoms with Gasteiger partial charge in [-0.2, -0.15) is 0 Å². The molecule has 0 bridgehead atoms. The maximum Gasteiger partial charge on any atom is 0.167 e. The topological polar surface area (TPSA) is 51.8 Å². The zero-order valence-corrected chi connectivity index (χ0v) is 35.0. The zero-order valence-electron chi connectivity index (χ0n) is 35.0. The lowest BCUT2D eigenvalue weighted by Crippen LogP contribution is -2.28. The number of furan rings is 1. The van der Waals surface area contributed by atoms with Crippen LogP contribution in [0.15, 0.2) is 222 Å². The minimum atomic E-state index is -0.479. The summed E-state index contributed by atoms with van der Waals surface area (Å²) in [6.45, 7) is 4.43. The van der Waals surface area contributed by atoms with Crippen LogP contribution in [0, 0.1) is 5.92 Å². The molecule has 2 aromatic heterocycles. The second-order valence-electron chi connectivity index (χ2n) is 16.6. The van der Waals surface area contributed by atoms with Crippen molar-refractivity contribution in [2.75, 3.05) is 0 Å². The van der Waals surface area contributed by atoms with Crippen LogP contribution in [0.5, 0.6) is 0 Å². The molecule has 1 spiro atoms. The fourth-order valence-electron chi connectivity index (χ4n) is 10.3. The largest absolute Gasteiger partial charge is 0.455 e. The molecular weight excluding hydrogens is 767 g/mol. The highest BCUT2D eigenvalue weighted by Gasteiger charge is 2.54. The molecule has 3 aliphatic carbocycles. The Morgan fingerprint density at radius 3 is 1.87 bits per heavy atom. The maximum atomic E-state index is 6.48. The third-order valence-electron chi connectivity index (χ3n) is 13.1. The Labute approximate surface area is 366 Å². The summed E-state index contributed by atoms with van der Waals surface area (Å²) in [5, 5.41) is 2.10. The van der Waals surface area contributed by atoms with Crippen LogP contribution in [0.2, 0.25) is 0 Å². The first-order valence-electron chi connectivity index (χ1n) is 21.7. The molecular formula is C59H41N3O. The SMILES string of the molecule is C\C=C/C=C1/C(=C2\C=C(c3cccc(-c4nc(-c5ccccc5)nc(-c5cccc6c5oc5ccccc56)n4)c3)C=CC2C)C2(c3ccccc31)c1ccccc1-c1ccccc12. The van der Waals surface area contributed by atoms with Gasteiger partial charge in [-0.1, -0.05) is 195 Å². The van der Waals surface area contributed by atoms with Crippen LogP contribution in [0.3, 0.4) is 0 Å². The van der Waals surface area contributed by atoms with Gasteiger partial charge in [-0.3, -0.25) is 0 Å². The lowest BCUT2D eigenvalue weighted by Gasteiger charge is -2.34. The fraction of sp³-hybridized carbons (Fsp3) is 0.0678. The van der Waals surface area contributed by atoms with Crippen LogP contribution in [0.1, 0.15) is 41.7 Å². The van der Waals surface area contributed by atoms with Gasteiger partial charge in [-0.25, -0.2) is 15.0 Å². The molecule has 3 aliphatic rings. The minimum absolute atomic E-state index is 0.160. The van der Waals surface area contributed by atoms with Crippen LogP contribution in [0.4, 0.5) is 0 Å². The molecule has 0 aliphatic heterocycles. The van der Waals surface area contributed by atoms with E-state index in [1.165, 1.54) is 50.1 Å². The van der Waals surface area contributed by atoms with Crippen molar-refractivity contribution in [3.8, 4) is 45.3 Å². The van der Waals surface area contributed by atoms with E-state index in [1.54, 1.807) is 0 Å². The molecule has 4 nitrogen and oxygen atoms in total. The Balaban J connectivity index is 1.05. The van der Waals surface area contributed by atoms with E-state index in [9.17, 15) is 0 Å². The van der Waals surface area contributed by atoms with Gasteiger partial charge in [0.2, 0.25) is 0 Å². The molecule has 63 heavy (non-hydrogen) atoms. The maximum absolute atomic E-state index is 6.48. The normalized spacial score (nSPS) is 17.8. The van der Waals surface area contributed by atoms with Gasteiger partial charge >= 0.3 is 0 Å². The standard InChI is InChI=1S/C59H41N3O/c1-3-4-22-46-44-25-10-14-31-52(44)59(50-29-12-8-23-42(50)43-24-9-13-30-51(43)59)54(46)49-36-40(34-33-37(49)2)39-20-16-21-41(35-39)57-60-56(38-18-6-5-7-19-38)61-58(62-57)48-28-17-27-47-45-26-11-15-32-53(45)63-55(47)48/h3-37H,1-2H3/b4-3-,46-22+,54-49-. The first-order valence-corrected chi connectivity index (χ1v) is 21.7. The highest BCUT2D eigenvalue weighted by molar-refractivity contribution is 6.09. The zero-order chi connectivity index (χ0) is 42.1. The van der Waals surface area contributed by atoms with Crippen LogP contribution < -0.4 is 0 Å². The van der Waals surface area contributed by atoms with Crippen LogP contribution in [-0.2, 0) is 5.41 Å². The molecule has 4 heteroatoms. The monoisotopic (exact) mass is 807 g/mol. The van der Waals surface area contributed by atoms with Crippen molar-refractivity contribution in [2.45, 2.75) is 19.3 Å². The Bertz CT molecular complexity index is 3440. The van der Waals surface area contributed by atoms with Crippen LogP contribution >= 0.6 is 0 Å². The molecule has 9 aromatic rings. The predicted molar refractivity (Wildman–Crippen MR) is 258 cm³/mol. The van der Waals surface area contributed by atoms with E-state index in [1.807, 2.05) is 54.6 Å². The van der Waals surface area contributed by atoms with E-state index in [-0.39, 0.29) is 5.92 Å². The van der Waals surface area contributed by atoms with Crippen LogP contribution in [-0.4, -0.2) is 15.0 Å². The first-order chi connectivity index (χ1) is 31.1. The molecule has 0 saturated heterocycles. The summed E-state index contributed by atoms with van der Waals surface area (Å²) in [5.74, 6) is 1.93. The molecule has 298 valence electrons. The van der Waals surface area contributed by atoms with Gasteiger partial charge in [0, 0.05) is 21.9 Å². The Hall–Kier alpha value is -7.95. The van der Waals surface area contributed by atoms with Gasteiger partial charge in [-0.05, 0) is 92.3 Å². The van der Waals surface area contributed by atoms with E-state index in [4.69, 9.17) is 19.4 Å². The molecule has 1 unspecified atom stereocenters. The first kappa shape index (κ1) is 36.9. The van der Waals surface area contributed by atoms with E-state index in [2.05, 4.69) is 166 Å². The van der Waals surface area contributed by atoms with E-state index >= 15 is 0 Å². The highest BCUT2D eigenvalue weighted by atomic mass is 16.3. The molecule has 1 atom stereocenters. The Morgan fingerprint density at radius 2 is 1.11 bits per heavy atom. The number of hydrogen-bond acceptors (Lipinski definition) is 4.